The number of ether oxygens (including phenoxy) is 3. The van der Waals surface area contributed by atoms with E-state index in [-0.39, 0.29) is 24.8 Å². The molecule has 10 heteroatoms. The van der Waals surface area contributed by atoms with Crippen LogP contribution in [0.3, 0.4) is 0 Å². The summed E-state index contributed by atoms with van der Waals surface area (Å²) in [6, 6.07) is 1.73. The highest BCUT2D eigenvalue weighted by atomic mass is 19.1. The van der Waals surface area contributed by atoms with Crippen molar-refractivity contribution >= 4 is 17.9 Å². The fraction of sp³-hybridized carbons (Fsp3) is 0.733. The van der Waals surface area contributed by atoms with E-state index in [9.17, 15) is 19.5 Å². The van der Waals surface area contributed by atoms with Gasteiger partial charge in [-0.2, -0.15) is 5.26 Å². The highest BCUT2D eigenvalue weighted by Crippen LogP contribution is 2.71. The van der Waals surface area contributed by atoms with Crippen LogP contribution >= 0.6 is 0 Å². The Morgan fingerprint density at radius 1 is 1.25 bits per heavy atom. The standard InChI is InChI=1S/C30H39F2NO7/c1-16-12-19-20-14-22(31)21-13-18(34)8-9-27(21,6)29(20,32)23(35)15-28(19,7)30(16,24(36)38-11-10-33)40-25(37)39-17(2)26(3,4)5/h8-9,13,16-17,19-20,22-23,35H,11-12,14-15H2,1-7H3/t16-,17?,19+,20+,22+,23+,27+,28+,29+,30+/m1/s1. The maximum absolute atomic E-state index is 17.5. The molecule has 4 aliphatic carbocycles. The van der Waals surface area contributed by atoms with Crippen molar-refractivity contribution in [2.75, 3.05) is 6.61 Å². The van der Waals surface area contributed by atoms with Crippen molar-refractivity contribution in [2.24, 2.45) is 34.0 Å². The lowest BCUT2D eigenvalue weighted by Gasteiger charge is -2.62. The lowest BCUT2D eigenvalue weighted by atomic mass is 9.44. The number of allylic oxidation sites excluding steroid dienone is 4. The van der Waals surface area contributed by atoms with Crippen molar-refractivity contribution in [2.45, 2.75) is 97.4 Å². The number of esters is 1. The number of halogens is 2. The highest BCUT2D eigenvalue weighted by Gasteiger charge is 2.79. The van der Waals surface area contributed by atoms with Crippen LogP contribution in [0.25, 0.3) is 0 Å². The summed E-state index contributed by atoms with van der Waals surface area (Å²) in [4.78, 5) is 39.0. The fourth-order valence-corrected chi connectivity index (χ4v) is 7.90. The summed E-state index contributed by atoms with van der Waals surface area (Å²) < 4.78 is 49.9. The molecule has 1 N–H and O–H groups in total. The predicted molar refractivity (Wildman–Crippen MR) is 139 cm³/mol. The van der Waals surface area contributed by atoms with Crippen LogP contribution in [-0.4, -0.2) is 59.3 Å². The summed E-state index contributed by atoms with van der Waals surface area (Å²) in [6.45, 7) is 11.4. The third kappa shape index (κ3) is 4.02. The summed E-state index contributed by atoms with van der Waals surface area (Å²) >= 11 is 0. The largest absolute Gasteiger partial charge is 0.509 e. The van der Waals surface area contributed by atoms with E-state index in [1.165, 1.54) is 19.1 Å². The number of carbonyl (C=O) groups excluding carboxylic acids is 3. The second-order valence-corrected chi connectivity index (χ2v) is 13.4. The first kappa shape index (κ1) is 30.2. The van der Waals surface area contributed by atoms with Crippen molar-refractivity contribution in [3.05, 3.63) is 23.8 Å². The van der Waals surface area contributed by atoms with Gasteiger partial charge in [0.1, 0.15) is 18.3 Å². The molecule has 4 rings (SSSR count). The van der Waals surface area contributed by atoms with Crippen LogP contribution < -0.4 is 0 Å². The zero-order valence-electron chi connectivity index (χ0n) is 24.1. The van der Waals surface area contributed by atoms with Crippen LogP contribution in [0.5, 0.6) is 0 Å². The zero-order valence-corrected chi connectivity index (χ0v) is 24.1. The van der Waals surface area contributed by atoms with Gasteiger partial charge in [-0.25, -0.2) is 18.4 Å². The van der Waals surface area contributed by atoms with E-state index >= 15 is 8.78 Å². The molecule has 3 saturated carbocycles. The first-order valence-electron chi connectivity index (χ1n) is 13.8. The minimum Gasteiger partial charge on any atom is -0.447 e. The van der Waals surface area contributed by atoms with Crippen LogP contribution in [0.15, 0.2) is 23.8 Å². The Morgan fingerprint density at radius 3 is 2.50 bits per heavy atom. The molecule has 10 atom stereocenters. The Labute approximate surface area is 233 Å². The summed E-state index contributed by atoms with van der Waals surface area (Å²) in [5.41, 5.74) is -7.84. The SMILES string of the molecule is CC(OC(=O)O[C@]1(C(=O)OCC#N)[C@H](C)C[C@H]2[C@@H]3C[C@H](F)C4=CC(=O)C=C[C@]4(C)[C@@]3(F)[C@@H](O)C[C@@]21C)C(C)(C)C. The van der Waals surface area contributed by atoms with Crippen LogP contribution in [0.2, 0.25) is 0 Å². The van der Waals surface area contributed by atoms with Gasteiger partial charge in [0.25, 0.3) is 0 Å². The van der Waals surface area contributed by atoms with Gasteiger partial charge in [0.05, 0.1) is 6.10 Å². The molecular formula is C30H39F2NO7. The Hall–Kier alpha value is -2.80. The van der Waals surface area contributed by atoms with Crippen molar-refractivity contribution in [1.82, 2.24) is 0 Å². The average Bonchev–Trinajstić information content (AvgIpc) is 3.07. The monoisotopic (exact) mass is 563 g/mol. The fourth-order valence-electron chi connectivity index (χ4n) is 7.90. The van der Waals surface area contributed by atoms with Crippen molar-refractivity contribution in [3.63, 3.8) is 0 Å². The van der Waals surface area contributed by atoms with E-state index in [1.54, 1.807) is 26.8 Å². The number of rotatable bonds is 4. The van der Waals surface area contributed by atoms with E-state index in [4.69, 9.17) is 19.5 Å². The molecule has 40 heavy (non-hydrogen) atoms. The predicted octanol–water partition coefficient (Wildman–Crippen LogP) is 4.94. The maximum Gasteiger partial charge on any atom is 0.509 e. The molecule has 0 heterocycles. The molecule has 1 unspecified atom stereocenters. The third-order valence-electron chi connectivity index (χ3n) is 10.5. The number of fused-ring (bicyclic) bond motifs is 5. The zero-order chi connectivity index (χ0) is 30.1. The minimum atomic E-state index is -2.36. The third-order valence-corrected chi connectivity index (χ3v) is 10.5. The van der Waals surface area contributed by atoms with E-state index in [2.05, 4.69) is 0 Å². The lowest BCUT2D eigenvalue weighted by Crippen LogP contribution is -2.71. The average molecular weight is 564 g/mol. The molecule has 0 amide bonds. The number of carbonyl (C=O) groups is 3. The molecule has 0 aromatic heterocycles. The van der Waals surface area contributed by atoms with Crippen LogP contribution in [0.1, 0.15) is 67.7 Å². The minimum absolute atomic E-state index is 0.0110. The maximum atomic E-state index is 17.5. The van der Waals surface area contributed by atoms with Crippen molar-refractivity contribution < 1.29 is 42.5 Å². The Kier molecular flexibility index (Phi) is 7.27. The van der Waals surface area contributed by atoms with Crippen LogP contribution in [-0.2, 0) is 23.8 Å². The second kappa shape index (κ2) is 9.64. The van der Waals surface area contributed by atoms with Crippen LogP contribution in [0.4, 0.5) is 13.6 Å². The summed E-state index contributed by atoms with van der Waals surface area (Å²) in [5, 5.41) is 20.7. The number of aliphatic hydroxyl groups is 1. The molecule has 3 fully saturated rings. The molecule has 4 aliphatic rings. The molecule has 0 bridgehead atoms. The Balaban J connectivity index is 1.81. The van der Waals surface area contributed by atoms with Gasteiger partial charge in [-0.1, -0.05) is 40.7 Å². The van der Waals surface area contributed by atoms with Gasteiger partial charge in [0.15, 0.2) is 18.1 Å². The number of hydrogen-bond donors (Lipinski definition) is 1. The van der Waals surface area contributed by atoms with Gasteiger partial charge in [-0.3, -0.25) is 4.79 Å². The normalized spacial score (nSPS) is 42.9. The quantitative estimate of drug-likeness (QED) is 0.477. The van der Waals surface area contributed by atoms with E-state index < -0.39 is 88.2 Å². The number of nitriles is 1. The van der Waals surface area contributed by atoms with E-state index in [0.717, 1.165) is 6.08 Å². The van der Waals surface area contributed by atoms with Gasteiger partial charge < -0.3 is 19.3 Å². The molecule has 0 saturated heterocycles. The summed E-state index contributed by atoms with van der Waals surface area (Å²) in [5.74, 6) is -3.99. The van der Waals surface area contributed by atoms with Crippen molar-refractivity contribution in [1.29, 1.82) is 5.26 Å². The summed E-state index contributed by atoms with van der Waals surface area (Å²) in [6.07, 6.45) is -1.93. The van der Waals surface area contributed by atoms with Crippen LogP contribution in [0, 0.1) is 45.3 Å². The lowest BCUT2D eigenvalue weighted by molar-refractivity contribution is -0.234. The first-order chi connectivity index (χ1) is 18.4. The van der Waals surface area contributed by atoms with Gasteiger partial charge >= 0.3 is 12.1 Å². The number of alkyl halides is 2. The smallest absolute Gasteiger partial charge is 0.447 e. The molecule has 220 valence electrons. The van der Waals surface area contributed by atoms with E-state index in [0.29, 0.717) is 0 Å². The van der Waals surface area contributed by atoms with Gasteiger partial charge in [-0.15, -0.1) is 0 Å². The molecule has 0 aliphatic heterocycles. The topological polar surface area (TPSA) is 123 Å². The summed E-state index contributed by atoms with van der Waals surface area (Å²) in [7, 11) is 0. The number of ketones is 1. The molecule has 0 aromatic rings. The molecule has 8 nitrogen and oxygen atoms in total. The van der Waals surface area contributed by atoms with E-state index in [1.807, 2.05) is 20.8 Å². The highest BCUT2D eigenvalue weighted by molar-refractivity contribution is 6.01. The van der Waals surface area contributed by atoms with Gasteiger partial charge in [-0.05, 0) is 62.2 Å². The Morgan fingerprint density at radius 2 is 1.90 bits per heavy atom. The Bertz CT molecular complexity index is 1200. The molecule has 0 radical (unpaired) electrons. The number of aliphatic hydroxyl groups excluding tert-OH is 1. The first-order valence-corrected chi connectivity index (χ1v) is 13.8. The number of nitrogens with zero attached hydrogens (tertiary/aromatic N) is 1. The molecule has 0 aromatic carbocycles. The second-order valence-electron chi connectivity index (χ2n) is 13.4. The molecule has 0 spiro atoms. The van der Waals surface area contributed by atoms with Gasteiger partial charge in [0.2, 0.25) is 5.60 Å². The molecular weight excluding hydrogens is 524 g/mol. The number of hydrogen-bond acceptors (Lipinski definition) is 8. The van der Waals surface area contributed by atoms with Gasteiger partial charge in [0, 0.05) is 22.7 Å². The van der Waals surface area contributed by atoms with Crippen molar-refractivity contribution in [3.8, 4) is 6.07 Å².